The molecule has 0 radical (unpaired) electrons. The summed E-state index contributed by atoms with van der Waals surface area (Å²) in [6.07, 6.45) is 8.29. The lowest BCUT2D eigenvalue weighted by molar-refractivity contribution is -0.133. The van der Waals surface area contributed by atoms with Crippen molar-refractivity contribution in [2.75, 3.05) is 0 Å². The first-order chi connectivity index (χ1) is 10.8. The molecule has 1 aromatic carbocycles. The zero-order valence-electron chi connectivity index (χ0n) is 12.7. The summed E-state index contributed by atoms with van der Waals surface area (Å²) in [6.45, 7) is 1.46. The van der Waals surface area contributed by atoms with Crippen LogP contribution in [0.2, 0.25) is 0 Å². The number of carbonyl (C=O) groups is 1. The number of carbonyl (C=O) groups excluding carboxylic acids is 1. The maximum Gasteiger partial charge on any atom is 0.226 e. The fraction of sp³-hybridized carbons (Fsp3) is 0.444. The number of aromatic nitrogens is 2. The van der Waals surface area contributed by atoms with Gasteiger partial charge in [0.2, 0.25) is 5.91 Å². The van der Waals surface area contributed by atoms with Gasteiger partial charge in [-0.05, 0) is 31.2 Å². The summed E-state index contributed by atoms with van der Waals surface area (Å²) in [4.78, 5) is 19.0. The van der Waals surface area contributed by atoms with Gasteiger partial charge in [0.05, 0.1) is 6.54 Å². The predicted molar refractivity (Wildman–Crippen MR) is 84.1 cm³/mol. The third-order valence-electron chi connectivity index (χ3n) is 4.51. The van der Waals surface area contributed by atoms with E-state index in [-0.39, 0.29) is 5.92 Å². The van der Waals surface area contributed by atoms with Crippen LogP contribution in [0.25, 0.3) is 0 Å². The van der Waals surface area contributed by atoms with Crippen LogP contribution in [0.3, 0.4) is 0 Å². The molecule has 1 heterocycles. The number of rotatable bonds is 6. The summed E-state index contributed by atoms with van der Waals surface area (Å²) >= 11 is 0. The number of amides is 1. The predicted octanol–water partition coefficient (Wildman–Crippen LogP) is 2.83. The maximum absolute atomic E-state index is 12.5. The molecule has 4 rings (SSSR count). The van der Waals surface area contributed by atoms with E-state index < -0.39 is 0 Å². The van der Waals surface area contributed by atoms with Crippen LogP contribution in [0.5, 0.6) is 0 Å². The number of nitrogens with zero attached hydrogens (tertiary/aromatic N) is 3. The molecule has 1 amide bonds. The zero-order chi connectivity index (χ0) is 14.9. The summed E-state index contributed by atoms with van der Waals surface area (Å²) in [6, 6.07) is 10.8. The first-order valence-corrected chi connectivity index (χ1v) is 8.15. The second kappa shape index (κ2) is 5.59. The minimum absolute atomic E-state index is 0.290. The molecule has 2 aliphatic carbocycles. The van der Waals surface area contributed by atoms with Gasteiger partial charge in [-0.15, -0.1) is 0 Å². The fourth-order valence-corrected chi connectivity index (χ4v) is 2.91. The Kier molecular flexibility index (Phi) is 3.45. The van der Waals surface area contributed by atoms with Crippen LogP contribution in [-0.2, 0) is 17.9 Å². The van der Waals surface area contributed by atoms with Gasteiger partial charge in [0, 0.05) is 30.9 Å². The van der Waals surface area contributed by atoms with Crippen molar-refractivity contribution in [3.63, 3.8) is 0 Å². The molecule has 0 spiro atoms. The molecule has 0 saturated heterocycles. The normalized spacial score (nSPS) is 17.5. The first kappa shape index (κ1) is 13.6. The molecule has 4 nitrogen and oxygen atoms in total. The van der Waals surface area contributed by atoms with E-state index >= 15 is 0 Å². The summed E-state index contributed by atoms with van der Waals surface area (Å²) < 4.78 is 2.16. The minimum atomic E-state index is 0.290. The molecule has 0 aliphatic heterocycles. The molecule has 2 aliphatic rings. The third kappa shape index (κ3) is 2.91. The van der Waals surface area contributed by atoms with Crippen molar-refractivity contribution in [1.29, 1.82) is 0 Å². The highest BCUT2D eigenvalue weighted by molar-refractivity contribution is 5.81. The first-order valence-electron chi connectivity index (χ1n) is 8.15. The van der Waals surface area contributed by atoms with Crippen molar-refractivity contribution in [2.45, 2.75) is 44.8 Å². The highest BCUT2D eigenvalue weighted by Crippen LogP contribution is 2.36. The highest BCUT2D eigenvalue weighted by atomic mass is 16.2. The lowest BCUT2D eigenvalue weighted by atomic mass is 10.2. The van der Waals surface area contributed by atoms with Crippen LogP contribution < -0.4 is 0 Å². The average molecular weight is 295 g/mol. The number of benzene rings is 1. The Morgan fingerprint density at radius 3 is 2.64 bits per heavy atom. The van der Waals surface area contributed by atoms with Crippen molar-refractivity contribution in [3.8, 4) is 0 Å². The smallest absolute Gasteiger partial charge is 0.226 e. The van der Waals surface area contributed by atoms with E-state index in [4.69, 9.17) is 0 Å². The Labute approximate surface area is 130 Å². The number of hydrogen-bond donors (Lipinski definition) is 0. The highest BCUT2D eigenvalue weighted by Gasteiger charge is 2.40. The molecule has 4 heteroatoms. The number of imidazole rings is 1. The van der Waals surface area contributed by atoms with Crippen LogP contribution in [0.1, 0.15) is 37.1 Å². The van der Waals surface area contributed by atoms with E-state index in [0.29, 0.717) is 18.5 Å². The zero-order valence-corrected chi connectivity index (χ0v) is 12.7. The molecular formula is C18H21N3O. The van der Waals surface area contributed by atoms with Crippen LogP contribution in [-0.4, -0.2) is 26.4 Å². The molecule has 0 unspecified atom stereocenters. The second-order valence-electron chi connectivity index (χ2n) is 6.43. The van der Waals surface area contributed by atoms with Gasteiger partial charge >= 0.3 is 0 Å². The molecule has 2 fully saturated rings. The van der Waals surface area contributed by atoms with E-state index in [1.54, 1.807) is 0 Å². The Morgan fingerprint density at radius 1 is 1.18 bits per heavy atom. The van der Waals surface area contributed by atoms with Gasteiger partial charge in [-0.2, -0.15) is 0 Å². The third-order valence-corrected chi connectivity index (χ3v) is 4.51. The molecule has 22 heavy (non-hydrogen) atoms. The van der Waals surface area contributed by atoms with E-state index in [0.717, 1.165) is 38.1 Å². The van der Waals surface area contributed by atoms with Gasteiger partial charge in [0.15, 0.2) is 0 Å². The summed E-state index contributed by atoms with van der Waals surface area (Å²) in [7, 11) is 0. The summed E-state index contributed by atoms with van der Waals surface area (Å²) in [5, 5.41) is 0. The Morgan fingerprint density at radius 2 is 1.95 bits per heavy atom. The van der Waals surface area contributed by atoms with Gasteiger partial charge < -0.3 is 9.47 Å². The molecule has 2 aromatic rings. The summed E-state index contributed by atoms with van der Waals surface area (Å²) in [5.74, 6) is 1.62. The Balaban J connectivity index is 1.50. The van der Waals surface area contributed by atoms with E-state index in [1.807, 2.05) is 18.5 Å². The van der Waals surface area contributed by atoms with Crippen LogP contribution >= 0.6 is 0 Å². The Hall–Kier alpha value is -2.10. The SMILES string of the molecule is O=C(C1CC1)N(Cc1nccn1Cc1ccccc1)C1CC1. The van der Waals surface area contributed by atoms with Crippen molar-refractivity contribution >= 4 is 5.91 Å². The molecule has 2 saturated carbocycles. The van der Waals surface area contributed by atoms with Crippen molar-refractivity contribution < 1.29 is 4.79 Å². The molecule has 1 aromatic heterocycles. The minimum Gasteiger partial charge on any atom is -0.332 e. The van der Waals surface area contributed by atoms with Gasteiger partial charge in [-0.25, -0.2) is 4.98 Å². The monoisotopic (exact) mass is 295 g/mol. The van der Waals surface area contributed by atoms with Crippen LogP contribution in [0, 0.1) is 5.92 Å². The summed E-state index contributed by atoms with van der Waals surface area (Å²) in [5.41, 5.74) is 1.26. The lowest BCUT2D eigenvalue weighted by Gasteiger charge is -2.22. The lowest BCUT2D eigenvalue weighted by Crippen LogP contribution is -2.34. The molecule has 0 atom stereocenters. The fourth-order valence-electron chi connectivity index (χ4n) is 2.91. The van der Waals surface area contributed by atoms with Crippen LogP contribution in [0.15, 0.2) is 42.7 Å². The van der Waals surface area contributed by atoms with Crippen molar-refractivity contribution in [3.05, 3.63) is 54.1 Å². The topological polar surface area (TPSA) is 38.1 Å². The van der Waals surface area contributed by atoms with E-state index in [1.165, 1.54) is 5.56 Å². The molecule has 0 N–H and O–H groups in total. The van der Waals surface area contributed by atoms with Gasteiger partial charge in [-0.1, -0.05) is 30.3 Å². The maximum atomic E-state index is 12.5. The molecular weight excluding hydrogens is 274 g/mol. The second-order valence-corrected chi connectivity index (χ2v) is 6.43. The van der Waals surface area contributed by atoms with E-state index in [2.05, 4.69) is 38.7 Å². The largest absolute Gasteiger partial charge is 0.332 e. The van der Waals surface area contributed by atoms with Crippen molar-refractivity contribution in [1.82, 2.24) is 14.5 Å². The Bertz CT molecular complexity index is 656. The molecule has 114 valence electrons. The van der Waals surface area contributed by atoms with E-state index in [9.17, 15) is 4.79 Å². The quantitative estimate of drug-likeness (QED) is 0.822. The van der Waals surface area contributed by atoms with Gasteiger partial charge in [0.1, 0.15) is 5.82 Å². The number of hydrogen-bond acceptors (Lipinski definition) is 2. The molecule has 0 bridgehead atoms. The van der Waals surface area contributed by atoms with Gasteiger partial charge in [0.25, 0.3) is 0 Å². The van der Waals surface area contributed by atoms with Crippen LogP contribution in [0.4, 0.5) is 0 Å². The van der Waals surface area contributed by atoms with Gasteiger partial charge in [-0.3, -0.25) is 4.79 Å². The average Bonchev–Trinajstić information content (AvgIpc) is 3.44. The standard InChI is InChI=1S/C18H21N3O/c22-18(15-6-7-15)21(16-8-9-16)13-17-19-10-11-20(17)12-14-4-2-1-3-5-14/h1-5,10-11,15-16H,6-9,12-13H2. The van der Waals surface area contributed by atoms with Crippen molar-refractivity contribution in [2.24, 2.45) is 5.92 Å².